The van der Waals surface area contributed by atoms with Crippen molar-refractivity contribution in [1.29, 1.82) is 0 Å². The fourth-order valence-electron chi connectivity index (χ4n) is 3.12. The van der Waals surface area contributed by atoms with E-state index in [1.54, 1.807) is 31.3 Å². The van der Waals surface area contributed by atoms with Gasteiger partial charge < -0.3 is 5.32 Å². The van der Waals surface area contributed by atoms with E-state index in [-0.39, 0.29) is 11.7 Å². The van der Waals surface area contributed by atoms with Crippen LogP contribution < -0.4 is 5.32 Å². The summed E-state index contributed by atoms with van der Waals surface area (Å²) in [6.45, 7) is 0. The summed E-state index contributed by atoms with van der Waals surface area (Å²) in [5, 5.41) is 2.58. The zero-order valence-corrected chi connectivity index (χ0v) is 12.9. The summed E-state index contributed by atoms with van der Waals surface area (Å²) in [4.78, 5) is 23.6. The molecule has 1 N–H and O–H groups in total. The number of carbonyl (C=O) groups excluding carboxylic acids is 2. The molecule has 0 heterocycles. The molecule has 1 aliphatic carbocycles. The Morgan fingerprint density at radius 2 is 1.67 bits per heavy atom. The molecule has 2 rings (SSSR count). The second-order valence-corrected chi connectivity index (χ2v) is 5.98. The minimum atomic E-state index is -0.119. The molecule has 1 aromatic rings. The van der Waals surface area contributed by atoms with E-state index in [0.29, 0.717) is 17.5 Å². The first-order chi connectivity index (χ1) is 10.2. The number of hydrogen-bond acceptors (Lipinski definition) is 2. The average molecular weight is 287 g/mol. The van der Waals surface area contributed by atoms with E-state index in [1.807, 2.05) is 0 Å². The number of rotatable bonds is 6. The zero-order chi connectivity index (χ0) is 15.1. The van der Waals surface area contributed by atoms with Crippen molar-refractivity contribution in [2.24, 2.45) is 5.92 Å². The Labute approximate surface area is 127 Å². The molecule has 0 saturated heterocycles. The number of nitrogens with one attached hydrogen (secondary N) is 1. The molecular formula is C18H25NO2. The molecule has 0 aromatic heterocycles. The Kier molecular flexibility index (Phi) is 5.97. The first-order valence-electron chi connectivity index (χ1n) is 8.06. The molecule has 21 heavy (non-hydrogen) atoms. The predicted octanol–water partition coefficient (Wildman–Crippen LogP) is 3.98. The fraction of sp³-hybridized carbons (Fsp3) is 0.556. The van der Waals surface area contributed by atoms with Crippen LogP contribution >= 0.6 is 0 Å². The second kappa shape index (κ2) is 7.96. The SMILES string of the molecule is CNC(=O)c1ccc(C(=O)CCCC2CCCCC2)cc1. The molecule has 0 spiro atoms. The van der Waals surface area contributed by atoms with Crippen LogP contribution in [0.15, 0.2) is 24.3 Å². The van der Waals surface area contributed by atoms with Gasteiger partial charge in [-0.2, -0.15) is 0 Å². The van der Waals surface area contributed by atoms with E-state index in [9.17, 15) is 9.59 Å². The lowest BCUT2D eigenvalue weighted by molar-refractivity contribution is 0.0956. The number of hydrogen-bond donors (Lipinski definition) is 1. The molecule has 3 heteroatoms. The molecule has 1 amide bonds. The van der Waals surface area contributed by atoms with E-state index in [2.05, 4.69) is 5.32 Å². The van der Waals surface area contributed by atoms with Crippen molar-refractivity contribution < 1.29 is 9.59 Å². The van der Waals surface area contributed by atoms with Gasteiger partial charge in [-0.1, -0.05) is 50.7 Å². The molecule has 0 aliphatic heterocycles. The summed E-state index contributed by atoms with van der Waals surface area (Å²) in [5.74, 6) is 0.905. The van der Waals surface area contributed by atoms with Crippen LogP contribution in [0.5, 0.6) is 0 Å². The maximum Gasteiger partial charge on any atom is 0.251 e. The first kappa shape index (κ1) is 15.7. The molecule has 3 nitrogen and oxygen atoms in total. The Morgan fingerprint density at radius 1 is 1.05 bits per heavy atom. The Balaban J connectivity index is 1.78. The van der Waals surface area contributed by atoms with Gasteiger partial charge in [0.1, 0.15) is 0 Å². The summed E-state index contributed by atoms with van der Waals surface area (Å²) in [6, 6.07) is 6.95. The van der Waals surface area contributed by atoms with Crippen molar-refractivity contribution >= 4 is 11.7 Å². The van der Waals surface area contributed by atoms with Crippen LogP contribution in [-0.2, 0) is 0 Å². The highest BCUT2D eigenvalue weighted by Gasteiger charge is 2.14. The highest BCUT2D eigenvalue weighted by molar-refractivity contribution is 5.98. The van der Waals surface area contributed by atoms with Gasteiger partial charge in [0.05, 0.1) is 0 Å². The van der Waals surface area contributed by atoms with Crippen molar-refractivity contribution in [1.82, 2.24) is 5.32 Å². The number of carbonyl (C=O) groups is 2. The molecule has 1 fully saturated rings. The third-order valence-corrected chi connectivity index (χ3v) is 4.44. The summed E-state index contributed by atoms with van der Waals surface area (Å²) < 4.78 is 0. The standard InChI is InChI=1S/C18H25NO2/c1-19-18(21)16-12-10-15(11-13-16)17(20)9-5-8-14-6-3-2-4-7-14/h10-14H,2-9H2,1H3,(H,19,21). The van der Waals surface area contributed by atoms with Gasteiger partial charge in [-0.05, 0) is 24.5 Å². The lowest BCUT2D eigenvalue weighted by Crippen LogP contribution is -2.17. The molecule has 1 saturated carbocycles. The molecule has 0 atom stereocenters. The van der Waals surface area contributed by atoms with Gasteiger partial charge in [-0.25, -0.2) is 0 Å². The average Bonchev–Trinajstić information content (AvgIpc) is 2.55. The minimum absolute atomic E-state index is 0.119. The summed E-state index contributed by atoms with van der Waals surface area (Å²) >= 11 is 0. The van der Waals surface area contributed by atoms with E-state index in [1.165, 1.54) is 38.5 Å². The van der Waals surface area contributed by atoms with E-state index in [0.717, 1.165) is 12.3 Å². The lowest BCUT2D eigenvalue weighted by Gasteiger charge is -2.21. The molecule has 114 valence electrons. The monoisotopic (exact) mass is 287 g/mol. The fourth-order valence-corrected chi connectivity index (χ4v) is 3.12. The predicted molar refractivity (Wildman–Crippen MR) is 84.6 cm³/mol. The van der Waals surface area contributed by atoms with Crippen LogP contribution in [-0.4, -0.2) is 18.7 Å². The van der Waals surface area contributed by atoms with Crippen LogP contribution in [0.2, 0.25) is 0 Å². The summed E-state index contributed by atoms with van der Waals surface area (Å²) in [5.41, 5.74) is 1.31. The third kappa shape index (κ3) is 4.69. The van der Waals surface area contributed by atoms with E-state index < -0.39 is 0 Å². The van der Waals surface area contributed by atoms with Gasteiger partial charge in [0.2, 0.25) is 0 Å². The highest BCUT2D eigenvalue weighted by Crippen LogP contribution is 2.27. The second-order valence-electron chi connectivity index (χ2n) is 5.98. The van der Waals surface area contributed by atoms with Gasteiger partial charge in [0.25, 0.3) is 5.91 Å². The van der Waals surface area contributed by atoms with Gasteiger partial charge in [0, 0.05) is 24.6 Å². The van der Waals surface area contributed by atoms with Crippen molar-refractivity contribution in [3.63, 3.8) is 0 Å². The molecule has 1 aromatic carbocycles. The van der Waals surface area contributed by atoms with Crippen molar-refractivity contribution in [3.8, 4) is 0 Å². The Bertz CT molecular complexity index is 472. The Morgan fingerprint density at radius 3 is 2.29 bits per heavy atom. The number of benzene rings is 1. The van der Waals surface area contributed by atoms with Crippen LogP contribution in [0, 0.1) is 5.92 Å². The molecule has 0 unspecified atom stereocenters. The van der Waals surface area contributed by atoms with Gasteiger partial charge in [-0.3, -0.25) is 9.59 Å². The zero-order valence-electron chi connectivity index (χ0n) is 12.9. The van der Waals surface area contributed by atoms with E-state index >= 15 is 0 Å². The number of amides is 1. The quantitative estimate of drug-likeness (QED) is 0.804. The smallest absolute Gasteiger partial charge is 0.251 e. The van der Waals surface area contributed by atoms with Gasteiger partial charge >= 0.3 is 0 Å². The lowest BCUT2D eigenvalue weighted by atomic mass is 9.85. The Hall–Kier alpha value is -1.64. The van der Waals surface area contributed by atoms with Gasteiger partial charge in [0.15, 0.2) is 5.78 Å². The maximum absolute atomic E-state index is 12.1. The maximum atomic E-state index is 12.1. The minimum Gasteiger partial charge on any atom is -0.355 e. The van der Waals surface area contributed by atoms with Crippen molar-refractivity contribution in [2.75, 3.05) is 7.05 Å². The normalized spacial score (nSPS) is 15.7. The largest absolute Gasteiger partial charge is 0.355 e. The third-order valence-electron chi connectivity index (χ3n) is 4.44. The van der Waals surface area contributed by atoms with Gasteiger partial charge in [-0.15, -0.1) is 0 Å². The van der Waals surface area contributed by atoms with Crippen molar-refractivity contribution in [3.05, 3.63) is 35.4 Å². The van der Waals surface area contributed by atoms with E-state index in [4.69, 9.17) is 0 Å². The molecular weight excluding hydrogens is 262 g/mol. The van der Waals surface area contributed by atoms with Crippen LogP contribution in [0.3, 0.4) is 0 Å². The molecule has 0 radical (unpaired) electrons. The highest BCUT2D eigenvalue weighted by atomic mass is 16.1. The topological polar surface area (TPSA) is 46.2 Å². The van der Waals surface area contributed by atoms with Crippen LogP contribution in [0.4, 0.5) is 0 Å². The summed E-state index contributed by atoms with van der Waals surface area (Å²) in [6.07, 6.45) is 9.58. The first-order valence-corrected chi connectivity index (χ1v) is 8.06. The van der Waals surface area contributed by atoms with Crippen molar-refractivity contribution in [2.45, 2.75) is 51.4 Å². The van der Waals surface area contributed by atoms with Crippen LogP contribution in [0.25, 0.3) is 0 Å². The summed E-state index contributed by atoms with van der Waals surface area (Å²) in [7, 11) is 1.60. The van der Waals surface area contributed by atoms with Crippen LogP contribution in [0.1, 0.15) is 72.1 Å². The number of Topliss-reactive ketones (excluding diaryl/α,β-unsaturated/α-hetero) is 1. The number of ketones is 1. The molecule has 0 bridgehead atoms. The molecule has 1 aliphatic rings.